The first-order valence-corrected chi connectivity index (χ1v) is 5.32. The molecule has 0 saturated heterocycles. The summed E-state index contributed by atoms with van der Waals surface area (Å²) >= 11 is 1.73. The fraction of sp³-hybridized carbons (Fsp3) is 0.182. The maximum Gasteiger partial charge on any atom is 0.0361 e. The fourth-order valence-electron chi connectivity index (χ4n) is 1.33. The Kier molecular flexibility index (Phi) is 2.61. The molecule has 2 rings (SSSR count). The van der Waals surface area contributed by atoms with Crippen LogP contribution in [0.1, 0.15) is 10.4 Å². The lowest BCUT2D eigenvalue weighted by Crippen LogP contribution is -1.91. The van der Waals surface area contributed by atoms with Crippen LogP contribution >= 0.6 is 11.3 Å². The van der Waals surface area contributed by atoms with Crippen LogP contribution in [0, 0.1) is 6.92 Å². The molecular weight excluding hydrogens is 192 g/mol. The summed E-state index contributed by atoms with van der Waals surface area (Å²) in [6.45, 7) is 2.66. The smallest absolute Gasteiger partial charge is 0.0361 e. The van der Waals surface area contributed by atoms with Crippen molar-refractivity contribution >= 4 is 11.3 Å². The SMILES string of the molecule is Cc1cncc(-c2ccc(CN)s2)c1. The predicted octanol–water partition coefficient (Wildman–Crippen LogP) is 2.58. The summed E-state index contributed by atoms with van der Waals surface area (Å²) in [5.74, 6) is 0. The summed E-state index contributed by atoms with van der Waals surface area (Å²) in [6.07, 6.45) is 3.75. The summed E-state index contributed by atoms with van der Waals surface area (Å²) in [7, 11) is 0. The van der Waals surface area contributed by atoms with Crippen molar-refractivity contribution in [2.24, 2.45) is 5.73 Å². The monoisotopic (exact) mass is 204 g/mol. The van der Waals surface area contributed by atoms with E-state index in [0.717, 1.165) is 0 Å². The number of nitrogens with zero attached hydrogens (tertiary/aromatic N) is 1. The first-order chi connectivity index (χ1) is 6.79. The second-order valence-electron chi connectivity index (χ2n) is 3.22. The first kappa shape index (κ1) is 9.37. The maximum absolute atomic E-state index is 5.57. The highest BCUT2D eigenvalue weighted by atomic mass is 32.1. The van der Waals surface area contributed by atoms with Gasteiger partial charge in [-0.15, -0.1) is 11.3 Å². The molecule has 0 radical (unpaired) electrons. The second kappa shape index (κ2) is 3.90. The van der Waals surface area contributed by atoms with Crippen molar-refractivity contribution in [3.63, 3.8) is 0 Å². The van der Waals surface area contributed by atoms with Crippen molar-refractivity contribution in [1.29, 1.82) is 0 Å². The lowest BCUT2D eigenvalue weighted by Gasteiger charge is -1.97. The van der Waals surface area contributed by atoms with Gasteiger partial charge in [0.25, 0.3) is 0 Å². The molecular formula is C11H12N2S. The van der Waals surface area contributed by atoms with Crippen LogP contribution < -0.4 is 5.73 Å². The van der Waals surface area contributed by atoms with E-state index in [9.17, 15) is 0 Å². The molecule has 0 aliphatic carbocycles. The molecule has 0 aromatic carbocycles. The third-order valence-electron chi connectivity index (χ3n) is 2.02. The predicted molar refractivity (Wildman–Crippen MR) is 60.2 cm³/mol. The quantitative estimate of drug-likeness (QED) is 0.816. The number of nitrogens with two attached hydrogens (primary N) is 1. The summed E-state index contributed by atoms with van der Waals surface area (Å²) in [6, 6.07) is 6.31. The van der Waals surface area contributed by atoms with Crippen molar-refractivity contribution in [1.82, 2.24) is 4.98 Å². The number of aryl methyl sites for hydroxylation is 1. The van der Waals surface area contributed by atoms with Crippen LogP contribution in [0.3, 0.4) is 0 Å². The van der Waals surface area contributed by atoms with Gasteiger partial charge in [0.2, 0.25) is 0 Å². The average Bonchev–Trinajstić information content (AvgIpc) is 2.66. The largest absolute Gasteiger partial charge is 0.326 e. The van der Waals surface area contributed by atoms with Crippen LogP contribution in [-0.4, -0.2) is 4.98 Å². The second-order valence-corrected chi connectivity index (χ2v) is 4.39. The van der Waals surface area contributed by atoms with E-state index in [1.807, 2.05) is 19.3 Å². The molecule has 2 aromatic heterocycles. The Morgan fingerprint density at radius 1 is 1.36 bits per heavy atom. The molecule has 0 aliphatic heterocycles. The molecule has 2 N–H and O–H groups in total. The van der Waals surface area contributed by atoms with Crippen LogP contribution in [0.25, 0.3) is 10.4 Å². The van der Waals surface area contributed by atoms with Crippen molar-refractivity contribution in [2.45, 2.75) is 13.5 Å². The molecule has 0 fully saturated rings. The zero-order valence-corrected chi connectivity index (χ0v) is 8.84. The number of hydrogen-bond donors (Lipinski definition) is 1. The van der Waals surface area contributed by atoms with Gasteiger partial charge in [0.05, 0.1) is 0 Å². The molecule has 14 heavy (non-hydrogen) atoms. The third kappa shape index (κ3) is 1.84. The number of pyridine rings is 1. The lowest BCUT2D eigenvalue weighted by molar-refractivity contribution is 1.11. The van der Waals surface area contributed by atoms with Crippen LogP contribution in [0.2, 0.25) is 0 Å². The molecule has 0 aliphatic rings. The molecule has 0 unspecified atom stereocenters. The van der Waals surface area contributed by atoms with E-state index < -0.39 is 0 Å². The Hall–Kier alpha value is -1.19. The van der Waals surface area contributed by atoms with Gasteiger partial charge in [-0.25, -0.2) is 0 Å². The van der Waals surface area contributed by atoms with E-state index in [-0.39, 0.29) is 0 Å². The molecule has 0 bridgehead atoms. The van der Waals surface area contributed by atoms with E-state index in [1.165, 1.54) is 20.9 Å². The number of aromatic nitrogens is 1. The molecule has 0 atom stereocenters. The molecule has 0 spiro atoms. The summed E-state index contributed by atoms with van der Waals surface area (Å²) in [4.78, 5) is 6.62. The molecule has 2 aromatic rings. The zero-order chi connectivity index (χ0) is 9.97. The normalized spacial score (nSPS) is 10.4. The van der Waals surface area contributed by atoms with Gasteiger partial charge in [-0.3, -0.25) is 4.98 Å². The van der Waals surface area contributed by atoms with E-state index in [0.29, 0.717) is 6.54 Å². The van der Waals surface area contributed by atoms with E-state index in [4.69, 9.17) is 5.73 Å². The molecule has 0 amide bonds. The third-order valence-corrected chi connectivity index (χ3v) is 3.18. The first-order valence-electron chi connectivity index (χ1n) is 4.50. The van der Waals surface area contributed by atoms with Crippen molar-refractivity contribution < 1.29 is 0 Å². The highest BCUT2D eigenvalue weighted by molar-refractivity contribution is 7.15. The standard InChI is InChI=1S/C11H12N2S/c1-8-4-9(7-13-6-8)11-3-2-10(5-12)14-11/h2-4,6-7H,5,12H2,1H3. The zero-order valence-electron chi connectivity index (χ0n) is 8.03. The van der Waals surface area contributed by atoms with Crippen LogP contribution in [0.5, 0.6) is 0 Å². The Morgan fingerprint density at radius 3 is 2.86 bits per heavy atom. The topological polar surface area (TPSA) is 38.9 Å². The van der Waals surface area contributed by atoms with E-state index in [1.54, 1.807) is 11.3 Å². The molecule has 2 heterocycles. The minimum atomic E-state index is 0.615. The molecule has 2 nitrogen and oxygen atoms in total. The molecule has 3 heteroatoms. The van der Waals surface area contributed by atoms with E-state index >= 15 is 0 Å². The number of hydrogen-bond acceptors (Lipinski definition) is 3. The Bertz CT molecular complexity index is 434. The number of rotatable bonds is 2. The van der Waals surface area contributed by atoms with Crippen LogP contribution in [-0.2, 0) is 6.54 Å². The van der Waals surface area contributed by atoms with Crippen LogP contribution in [0.15, 0.2) is 30.6 Å². The van der Waals surface area contributed by atoms with Gasteiger partial charge in [-0.2, -0.15) is 0 Å². The summed E-state index contributed by atoms with van der Waals surface area (Å²) in [5.41, 5.74) is 7.93. The molecule has 72 valence electrons. The molecule has 0 saturated carbocycles. The summed E-state index contributed by atoms with van der Waals surface area (Å²) < 4.78 is 0. The van der Waals surface area contributed by atoms with Gasteiger partial charge in [-0.05, 0) is 30.7 Å². The van der Waals surface area contributed by atoms with Crippen molar-refractivity contribution in [3.05, 3.63) is 41.0 Å². The van der Waals surface area contributed by atoms with Gasteiger partial charge in [0, 0.05) is 34.3 Å². The lowest BCUT2D eigenvalue weighted by atomic mass is 10.2. The summed E-state index contributed by atoms with van der Waals surface area (Å²) in [5, 5.41) is 0. The number of thiophene rings is 1. The average molecular weight is 204 g/mol. The minimum Gasteiger partial charge on any atom is -0.326 e. The van der Waals surface area contributed by atoms with E-state index in [2.05, 4.69) is 23.2 Å². The van der Waals surface area contributed by atoms with Gasteiger partial charge >= 0.3 is 0 Å². The Balaban J connectivity index is 2.39. The Labute approximate surface area is 87.4 Å². The van der Waals surface area contributed by atoms with Gasteiger partial charge in [0.15, 0.2) is 0 Å². The highest BCUT2D eigenvalue weighted by Gasteiger charge is 2.01. The van der Waals surface area contributed by atoms with Gasteiger partial charge < -0.3 is 5.73 Å². The maximum atomic E-state index is 5.57. The van der Waals surface area contributed by atoms with Gasteiger partial charge in [-0.1, -0.05) is 0 Å². The Morgan fingerprint density at radius 2 is 2.21 bits per heavy atom. The van der Waals surface area contributed by atoms with Crippen molar-refractivity contribution in [3.8, 4) is 10.4 Å². The van der Waals surface area contributed by atoms with Crippen molar-refractivity contribution in [2.75, 3.05) is 0 Å². The minimum absolute atomic E-state index is 0.615. The van der Waals surface area contributed by atoms with Gasteiger partial charge in [0.1, 0.15) is 0 Å². The van der Waals surface area contributed by atoms with Crippen LogP contribution in [0.4, 0.5) is 0 Å². The fourth-order valence-corrected chi connectivity index (χ4v) is 2.20. The highest BCUT2D eigenvalue weighted by Crippen LogP contribution is 2.27.